The fraction of sp³-hybridized carbons (Fsp3) is 0.929. The zero-order valence-electron chi connectivity index (χ0n) is 12.6. The van der Waals surface area contributed by atoms with Gasteiger partial charge in [0.2, 0.25) is 0 Å². The van der Waals surface area contributed by atoms with E-state index in [4.69, 9.17) is 10.8 Å². The minimum atomic E-state index is -1.08. The molecule has 19 heavy (non-hydrogen) atoms. The predicted octanol–water partition coefficient (Wildman–Crippen LogP) is 0.985. The molecule has 0 aromatic rings. The lowest BCUT2D eigenvalue weighted by Crippen LogP contribution is -2.44. The molecular formula is C14H29N3O2. The fourth-order valence-corrected chi connectivity index (χ4v) is 2.67. The van der Waals surface area contributed by atoms with Crippen LogP contribution < -0.4 is 5.73 Å². The summed E-state index contributed by atoms with van der Waals surface area (Å²) in [6.45, 7) is 8.34. The van der Waals surface area contributed by atoms with Crippen LogP contribution in [-0.2, 0) is 4.79 Å². The van der Waals surface area contributed by atoms with E-state index < -0.39 is 11.5 Å². The summed E-state index contributed by atoms with van der Waals surface area (Å²) in [5.41, 5.74) is 4.65. The highest BCUT2D eigenvalue weighted by Crippen LogP contribution is 2.14. The summed E-state index contributed by atoms with van der Waals surface area (Å²) in [6, 6.07) is 0.580. The zero-order chi connectivity index (χ0) is 14.5. The minimum absolute atomic E-state index is 0.546. The van der Waals surface area contributed by atoms with Crippen molar-refractivity contribution in [1.82, 2.24) is 9.80 Å². The van der Waals surface area contributed by atoms with Gasteiger partial charge in [-0.1, -0.05) is 0 Å². The molecule has 0 saturated carbocycles. The Morgan fingerprint density at radius 1 is 1.42 bits per heavy atom. The maximum absolute atomic E-state index is 10.9. The molecule has 1 fully saturated rings. The topological polar surface area (TPSA) is 69.8 Å². The molecule has 0 aromatic heterocycles. The Labute approximate surface area is 116 Å². The van der Waals surface area contributed by atoms with Crippen molar-refractivity contribution in [3.63, 3.8) is 0 Å². The molecule has 0 spiro atoms. The molecule has 3 N–H and O–H groups in total. The van der Waals surface area contributed by atoms with E-state index in [9.17, 15) is 4.79 Å². The second kappa shape index (κ2) is 7.22. The van der Waals surface area contributed by atoms with Crippen LogP contribution in [0.5, 0.6) is 0 Å². The van der Waals surface area contributed by atoms with Crippen molar-refractivity contribution in [2.24, 2.45) is 5.73 Å². The molecule has 0 aromatic carbocycles. The molecule has 2 atom stereocenters. The maximum Gasteiger partial charge on any atom is 0.323 e. The Bertz CT molecular complexity index is 294. The molecule has 5 nitrogen and oxygen atoms in total. The van der Waals surface area contributed by atoms with E-state index in [0.29, 0.717) is 12.5 Å². The third-order valence-corrected chi connectivity index (χ3v) is 4.06. The summed E-state index contributed by atoms with van der Waals surface area (Å²) < 4.78 is 0. The lowest BCUT2D eigenvalue weighted by atomic mass is 9.96. The minimum Gasteiger partial charge on any atom is -0.480 e. The first-order valence-electron chi connectivity index (χ1n) is 7.28. The van der Waals surface area contributed by atoms with Crippen molar-refractivity contribution < 1.29 is 9.90 Å². The smallest absolute Gasteiger partial charge is 0.323 e. The van der Waals surface area contributed by atoms with Gasteiger partial charge in [0, 0.05) is 12.6 Å². The van der Waals surface area contributed by atoms with Crippen molar-refractivity contribution >= 4 is 5.97 Å². The summed E-state index contributed by atoms with van der Waals surface area (Å²) in [4.78, 5) is 15.8. The Morgan fingerprint density at radius 3 is 2.74 bits per heavy atom. The van der Waals surface area contributed by atoms with E-state index >= 15 is 0 Å². The number of nitrogens with zero attached hydrogens (tertiary/aromatic N) is 2. The Kier molecular flexibility index (Phi) is 6.23. The van der Waals surface area contributed by atoms with Crippen LogP contribution in [0.3, 0.4) is 0 Å². The molecule has 0 aliphatic carbocycles. The highest BCUT2D eigenvalue weighted by atomic mass is 16.4. The quantitative estimate of drug-likeness (QED) is 0.705. The molecule has 1 aliphatic heterocycles. The number of likely N-dealkylation sites (N-methyl/N-ethyl adjacent to an activating group) is 1. The van der Waals surface area contributed by atoms with Crippen LogP contribution in [0.4, 0.5) is 0 Å². The Morgan fingerprint density at radius 2 is 2.11 bits per heavy atom. The second-order valence-corrected chi connectivity index (χ2v) is 6.18. The maximum atomic E-state index is 10.9. The Hall–Kier alpha value is -0.650. The van der Waals surface area contributed by atoms with Gasteiger partial charge in [0.1, 0.15) is 5.54 Å². The van der Waals surface area contributed by atoms with Crippen molar-refractivity contribution in [2.75, 3.05) is 33.2 Å². The van der Waals surface area contributed by atoms with E-state index in [0.717, 1.165) is 32.5 Å². The largest absolute Gasteiger partial charge is 0.480 e. The van der Waals surface area contributed by atoms with E-state index in [1.54, 1.807) is 6.92 Å². The van der Waals surface area contributed by atoms with Gasteiger partial charge in [0.05, 0.1) is 0 Å². The number of nitrogens with two attached hydrogens (primary N) is 1. The van der Waals surface area contributed by atoms with E-state index in [-0.39, 0.29) is 0 Å². The van der Waals surface area contributed by atoms with Crippen LogP contribution in [0, 0.1) is 0 Å². The van der Waals surface area contributed by atoms with Gasteiger partial charge < -0.3 is 15.7 Å². The number of unbranched alkanes of at least 4 members (excludes halogenated alkanes) is 1. The normalized spacial score (nSPS) is 25.8. The molecule has 5 heteroatoms. The van der Waals surface area contributed by atoms with Crippen molar-refractivity contribution in [3.8, 4) is 0 Å². The second-order valence-electron chi connectivity index (χ2n) is 6.18. The van der Waals surface area contributed by atoms with Crippen LogP contribution in [0.15, 0.2) is 0 Å². The van der Waals surface area contributed by atoms with Crippen LogP contribution in [0.25, 0.3) is 0 Å². The average Bonchev–Trinajstić information content (AvgIpc) is 2.46. The number of carboxylic acids is 1. The summed E-state index contributed by atoms with van der Waals surface area (Å²) in [5, 5.41) is 8.96. The third kappa shape index (κ3) is 5.47. The lowest BCUT2D eigenvalue weighted by molar-refractivity contribution is -0.142. The first-order chi connectivity index (χ1) is 8.83. The molecule has 1 heterocycles. The first-order valence-corrected chi connectivity index (χ1v) is 7.28. The van der Waals surface area contributed by atoms with Gasteiger partial charge in [-0.25, -0.2) is 0 Å². The van der Waals surface area contributed by atoms with Crippen LogP contribution in [-0.4, -0.2) is 65.7 Å². The fourth-order valence-electron chi connectivity index (χ4n) is 2.67. The number of carbonyl (C=O) groups is 1. The summed E-state index contributed by atoms with van der Waals surface area (Å²) in [5.74, 6) is -0.905. The Balaban J connectivity index is 2.27. The van der Waals surface area contributed by atoms with Gasteiger partial charge in [-0.2, -0.15) is 0 Å². The van der Waals surface area contributed by atoms with Crippen LogP contribution in [0.1, 0.15) is 39.5 Å². The molecular weight excluding hydrogens is 242 g/mol. The van der Waals surface area contributed by atoms with Gasteiger partial charge in [0.25, 0.3) is 0 Å². The van der Waals surface area contributed by atoms with Gasteiger partial charge in [0.15, 0.2) is 0 Å². The van der Waals surface area contributed by atoms with Gasteiger partial charge in [-0.05, 0) is 66.2 Å². The molecule has 0 amide bonds. The standard InChI is InChI=1S/C14H29N3O2/c1-12-11-16(3)8-6-10-17(12)9-5-4-7-14(2,15)13(18)19/h12H,4-11,15H2,1-3H3,(H,18,19). The summed E-state index contributed by atoms with van der Waals surface area (Å²) in [6.07, 6.45) is 3.65. The molecule has 0 bridgehead atoms. The van der Waals surface area contributed by atoms with Gasteiger partial charge in [-0.15, -0.1) is 0 Å². The number of carboxylic acid groups (broad SMARTS) is 1. The van der Waals surface area contributed by atoms with E-state index in [1.165, 1.54) is 13.0 Å². The first kappa shape index (κ1) is 16.4. The molecule has 1 rings (SSSR count). The van der Waals surface area contributed by atoms with Crippen molar-refractivity contribution in [2.45, 2.75) is 51.1 Å². The number of rotatable bonds is 6. The van der Waals surface area contributed by atoms with Gasteiger partial charge >= 0.3 is 5.97 Å². The predicted molar refractivity (Wildman–Crippen MR) is 77.2 cm³/mol. The highest BCUT2D eigenvalue weighted by molar-refractivity contribution is 5.77. The number of hydrogen-bond donors (Lipinski definition) is 2. The molecule has 1 aliphatic rings. The lowest BCUT2D eigenvalue weighted by Gasteiger charge is -2.28. The molecule has 112 valence electrons. The van der Waals surface area contributed by atoms with Crippen molar-refractivity contribution in [3.05, 3.63) is 0 Å². The van der Waals surface area contributed by atoms with E-state index in [2.05, 4.69) is 23.8 Å². The third-order valence-electron chi connectivity index (χ3n) is 4.06. The zero-order valence-corrected chi connectivity index (χ0v) is 12.6. The molecule has 1 saturated heterocycles. The monoisotopic (exact) mass is 271 g/mol. The van der Waals surface area contributed by atoms with Crippen molar-refractivity contribution in [1.29, 1.82) is 0 Å². The summed E-state index contributed by atoms with van der Waals surface area (Å²) in [7, 11) is 2.17. The summed E-state index contributed by atoms with van der Waals surface area (Å²) >= 11 is 0. The van der Waals surface area contributed by atoms with E-state index in [1.807, 2.05) is 0 Å². The van der Waals surface area contributed by atoms with Crippen LogP contribution in [0.2, 0.25) is 0 Å². The molecule has 0 radical (unpaired) electrons. The van der Waals surface area contributed by atoms with Crippen LogP contribution >= 0.6 is 0 Å². The molecule has 2 unspecified atom stereocenters. The average molecular weight is 271 g/mol. The van der Waals surface area contributed by atoms with Gasteiger partial charge in [-0.3, -0.25) is 9.69 Å². The highest BCUT2D eigenvalue weighted by Gasteiger charge is 2.27. The number of aliphatic carboxylic acids is 1. The SMILES string of the molecule is CC1CN(C)CCCN1CCCCC(C)(N)C(=O)O. The number of hydrogen-bond acceptors (Lipinski definition) is 4.